The van der Waals surface area contributed by atoms with Crippen molar-refractivity contribution in [2.24, 2.45) is 0 Å². The van der Waals surface area contributed by atoms with E-state index in [0.717, 1.165) is 11.3 Å². The van der Waals surface area contributed by atoms with Gasteiger partial charge in [-0.2, -0.15) is 0 Å². The van der Waals surface area contributed by atoms with Crippen molar-refractivity contribution in [3.05, 3.63) is 52.4 Å². The summed E-state index contributed by atoms with van der Waals surface area (Å²) >= 11 is 3.21. The molecule has 2 aromatic rings. The van der Waals surface area contributed by atoms with Crippen LogP contribution in [-0.2, 0) is 6.42 Å². The van der Waals surface area contributed by atoms with Crippen molar-refractivity contribution >= 4 is 15.9 Å². The molecule has 0 amide bonds. The minimum absolute atomic E-state index is 0.497. The van der Waals surface area contributed by atoms with Crippen LogP contribution in [0, 0.1) is 0 Å². The van der Waals surface area contributed by atoms with E-state index in [-0.39, 0.29) is 0 Å². The lowest BCUT2D eigenvalue weighted by Gasteiger charge is -2.08. The molecule has 1 aromatic carbocycles. The Kier molecular flexibility index (Phi) is 3.86. The number of rotatable bonds is 4. The van der Waals surface area contributed by atoms with Crippen LogP contribution >= 0.6 is 15.9 Å². The van der Waals surface area contributed by atoms with E-state index in [4.69, 9.17) is 9.15 Å². The molecule has 1 unspecified atom stereocenters. The van der Waals surface area contributed by atoms with Gasteiger partial charge in [0.15, 0.2) is 4.67 Å². The second-order valence-electron chi connectivity index (χ2n) is 3.71. The quantitative estimate of drug-likeness (QED) is 0.941. The van der Waals surface area contributed by atoms with Gasteiger partial charge in [0, 0.05) is 6.42 Å². The zero-order valence-corrected chi connectivity index (χ0v) is 11.0. The van der Waals surface area contributed by atoms with Crippen LogP contribution < -0.4 is 4.74 Å². The monoisotopic (exact) mass is 296 g/mol. The van der Waals surface area contributed by atoms with Gasteiger partial charge in [-0.3, -0.25) is 0 Å². The second kappa shape index (κ2) is 5.38. The van der Waals surface area contributed by atoms with E-state index in [1.807, 2.05) is 24.3 Å². The molecular formula is C13H13BrO3. The first-order valence-corrected chi connectivity index (χ1v) is 6.04. The van der Waals surface area contributed by atoms with E-state index in [9.17, 15) is 5.11 Å². The summed E-state index contributed by atoms with van der Waals surface area (Å²) in [5.74, 6) is 1.34. The van der Waals surface area contributed by atoms with Crippen molar-refractivity contribution in [2.45, 2.75) is 12.5 Å². The van der Waals surface area contributed by atoms with Crippen molar-refractivity contribution in [3.8, 4) is 5.75 Å². The fourth-order valence-corrected chi connectivity index (χ4v) is 1.95. The number of furan rings is 1. The van der Waals surface area contributed by atoms with Crippen molar-refractivity contribution in [3.63, 3.8) is 0 Å². The van der Waals surface area contributed by atoms with Crippen LogP contribution in [0.5, 0.6) is 5.75 Å². The zero-order chi connectivity index (χ0) is 12.3. The third-order valence-electron chi connectivity index (χ3n) is 2.49. The van der Waals surface area contributed by atoms with Crippen LogP contribution in [0.1, 0.15) is 17.4 Å². The van der Waals surface area contributed by atoms with Gasteiger partial charge in [0.2, 0.25) is 0 Å². The Labute approximate surface area is 108 Å². The Morgan fingerprint density at radius 2 is 2.18 bits per heavy atom. The number of hydrogen-bond acceptors (Lipinski definition) is 3. The summed E-state index contributed by atoms with van der Waals surface area (Å²) in [5.41, 5.74) is 1.00. The fraction of sp³-hybridized carbons (Fsp3) is 0.231. The normalized spacial score (nSPS) is 12.4. The summed E-state index contributed by atoms with van der Waals surface area (Å²) in [5, 5.41) is 10.00. The Morgan fingerprint density at radius 3 is 2.82 bits per heavy atom. The van der Waals surface area contributed by atoms with Crippen molar-refractivity contribution in [1.29, 1.82) is 0 Å². The molecule has 0 saturated carbocycles. The van der Waals surface area contributed by atoms with Gasteiger partial charge in [0.05, 0.1) is 7.11 Å². The Morgan fingerprint density at radius 1 is 1.35 bits per heavy atom. The highest BCUT2D eigenvalue weighted by Gasteiger charge is 2.12. The molecule has 0 aliphatic carbocycles. The van der Waals surface area contributed by atoms with E-state index in [2.05, 4.69) is 15.9 Å². The van der Waals surface area contributed by atoms with Gasteiger partial charge in [0.25, 0.3) is 0 Å². The molecule has 1 atom stereocenters. The molecule has 1 heterocycles. The fourth-order valence-electron chi connectivity index (χ4n) is 1.63. The second-order valence-corrected chi connectivity index (χ2v) is 4.49. The maximum Gasteiger partial charge on any atom is 0.169 e. The van der Waals surface area contributed by atoms with Crippen molar-refractivity contribution < 1.29 is 14.3 Å². The topological polar surface area (TPSA) is 42.6 Å². The van der Waals surface area contributed by atoms with E-state index in [1.54, 1.807) is 19.2 Å². The summed E-state index contributed by atoms with van der Waals surface area (Å²) in [7, 11) is 1.62. The third kappa shape index (κ3) is 3.11. The molecule has 90 valence electrons. The summed E-state index contributed by atoms with van der Waals surface area (Å²) in [6.45, 7) is 0. The van der Waals surface area contributed by atoms with Crippen LogP contribution in [0.2, 0.25) is 0 Å². The molecule has 3 nitrogen and oxygen atoms in total. The van der Waals surface area contributed by atoms with Crippen molar-refractivity contribution in [1.82, 2.24) is 0 Å². The molecule has 2 rings (SSSR count). The highest BCUT2D eigenvalue weighted by atomic mass is 79.9. The number of ether oxygens (including phenoxy) is 1. The van der Waals surface area contributed by atoms with Crippen molar-refractivity contribution in [2.75, 3.05) is 7.11 Å². The average molecular weight is 297 g/mol. The molecule has 0 saturated heterocycles. The summed E-state index contributed by atoms with van der Waals surface area (Å²) < 4.78 is 11.1. The highest BCUT2D eigenvalue weighted by molar-refractivity contribution is 9.10. The average Bonchev–Trinajstić information content (AvgIpc) is 2.76. The maximum absolute atomic E-state index is 10.00. The Bertz CT molecular complexity index is 493. The molecule has 4 heteroatoms. The summed E-state index contributed by atoms with van der Waals surface area (Å²) in [6, 6.07) is 11.2. The number of aliphatic hydroxyl groups is 1. The minimum Gasteiger partial charge on any atom is -0.497 e. The first-order valence-electron chi connectivity index (χ1n) is 5.25. The smallest absolute Gasteiger partial charge is 0.169 e. The largest absolute Gasteiger partial charge is 0.497 e. The van der Waals surface area contributed by atoms with Crippen LogP contribution in [-0.4, -0.2) is 12.2 Å². The van der Waals surface area contributed by atoms with Crippen LogP contribution in [0.4, 0.5) is 0 Å². The molecular weight excluding hydrogens is 284 g/mol. The first kappa shape index (κ1) is 12.2. The minimum atomic E-state index is -0.645. The number of halogens is 1. The SMILES string of the molecule is COc1cccc(CC(O)c2ccc(Br)o2)c1. The van der Waals surface area contributed by atoms with Gasteiger partial charge in [-0.25, -0.2) is 0 Å². The first-order chi connectivity index (χ1) is 8.19. The van der Waals surface area contributed by atoms with Gasteiger partial charge >= 0.3 is 0 Å². The third-order valence-corrected chi connectivity index (χ3v) is 2.91. The van der Waals surface area contributed by atoms with Gasteiger partial charge < -0.3 is 14.3 Å². The standard InChI is InChI=1S/C13H13BrO3/c1-16-10-4-2-3-9(7-10)8-11(15)12-5-6-13(14)17-12/h2-7,11,15H,8H2,1H3. The molecule has 0 radical (unpaired) electrons. The highest BCUT2D eigenvalue weighted by Crippen LogP contribution is 2.24. The van der Waals surface area contributed by atoms with E-state index in [0.29, 0.717) is 16.9 Å². The maximum atomic E-state index is 10.00. The lowest BCUT2D eigenvalue weighted by atomic mass is 10.1. The molecule has 0 bridgehead atoms. The lowest BCUT2D eigenvalue weighted by Crippen LogP contribution is -2.00. The molecule has 0 spiro atoms. The molecule has 0 aliphatic heterocycles. The molecule has 17 heavy (non-hydrogen) atoms. The predicted molar refractivity (Wildman–Crippen MR) is 68.1 cm³/mol. The van der Waals surface area contributed by atoms with E-state index >= 15 is 0 Å². The van der Waals surface area contributed by atoms with Crippen LogP contribution in [0.25, 0.3) is 0 Å². The van der Waals surface area contributed by atoms with Gasteiger partial charge in [0.1, 0.15) is 17.6 Å². The summed E-state index contributed by atoms with van der Waals surface area (Å²) in [6.07, 6.45) is -0.148. The molecule has 1 aromatic heterocycles. The lowest BCUT2D eigenvalue weighted by molar-refractivity contribution is 0.148. The number of aliphatic hydroxyl groups excluding tert-OH is 1. The molecule has 0 fully saturated rings. The van der Waals surface area contributed by atoms with E-state index < -0.39 is 6.10 Å². The summed E-state index contributed by atoms with van der Waals surface area (Å²) in [4.78, 5) is 0. The number of methoxy groups -OCH3 is 1. The van der Waals surface area contributed by atoms with Crippen LogP contribution in [0.15, 0.2) is 45.5 Å². The molecule has 0 aliphatic rings. The Balaban J connectivity index is 2.09. The predicted octanol–water partition coefficient (Wildman–Crippen LogP) is 3.33. The Hall–Kier alpha value is -1.26. The van der Waals surface area contributed by atoms with Gasteiger partial charge in [-0.05, 0) is 45.8 Å². The van der Waals surface area contributed by atoms with Gasteiger partial charge in [-0.1, -0.05) is 12.1 Å². The zero-order valence-electron chi connectivity index (χ0n) is 9.39. The molecule has 1 N–H and O–H groups in total. The van der Waals surface area contributed by atoms with E-state index in [1.165, 1.54) is 0 Å². The number of benzene rings is 1. The van der Waals surface area contributed by atoms with Gasteiger partial charge in [-0.15, -0.1) is 0 Å². The van der Waals surface area contributed by atoms with Crippen LogP contribution in [0.3, 0.4) is 0 Å². The number of hydrogen-bond donors (Lipinski definition) is 1.